The van der Waals surface area contributed by atoms with Crippen LogP contribution in [0.25, 0.3) is 5.65 Å². The van der Waals surface area contributed by atoms with Gasteiger partial charge in [0.2, 0.25) is 0 Å². The number of para-hydroxylation sites is 1. The highest BCUT2D eigenvalue weighted by atomic mass is 16.5. The lowest BCUT2D eigenvalue weighted by Crippen LogP contribution is -2.18. The van der Waals surface area contributed by atoms with Gasteiger partial charge in [-0.25, -0.2) is 4.98 Å². The number of nitrogens with zero attached hydrogens (tertiary/aromatic N) is 2. The summed E-state index contributed by atoms with van der Waals surface area (Å²) in [5, 5.41) is 5.62. The zero-order valence-electron chi connectivity index (χ0n) is 16.5. The van der Waals surface area contributed by atoms with E-state index in [2.05, 4.69) is 15.6 Å². The second kappa shape index (κ2) is 8.08. The average molecular weight is 400 g/mol. The summed E-state index contributed by atoms with van der Waals surface area (Å²) in [4.78, 5) is 30.0. The number of hydrogen-bond donors (Lipinski definition) is 2. The molecular formula is C23H20N4O3. The smallest absolute Gasteiger partial charge is 0.275 e. The van der Waals surface area contributed by atoms with Crippen molar-refractivity contribution in [2.45, 2.75) is 6.92 Å². The van der Waals surface area contributed by atoms with Crippen LogP contribution in [0.4, 0.5) is 11.4 Å². The molecule has 2 aromatic heterocycles. The van der Waals surface area contributed by atoms with Crippen LogP contribution in [0, 0.1) is 6.92 Å². The maximum atomic E-state index is 12.8. The number of pyridine rings is 1. The predicted molar refractivity (Wildman–Crippen MR) is 115 cm³/mol. The summed E-state index contributed by atoms with van der Waals surface area (Å²) in [5.74, 6) is -0.0961. The standard InChI is InChI=1S/C23H20N4O3/c1-15-7-5-12-21-25-20(14-27(15)21)23(29)26-19-11-4-3-10-18(19)22(28)24-16-8-6-9-17(13-16)30-2/h3-14H,1-2H3,(H,24,28)(H,26,29). The van der Waals surface area contributed by atoms with Crippen LogP contribution >= 0.6 is 0 Å². The van der Waals surface area contributed by atoms with Gasteiger partial charge < -0.3 is 19.8 Å². The Morgan fingerprint density at radius 3 is 2.53 bits per heavy atom. The molecule has 0 radical (unpaired) electrons. The van der Waals surface area contributed by atoms with Gasteiger partial charge in [0.05, 0.1) is 18.4 Å². The largest absolute Gasteiger partial charge is 0.497 e. The molecule has 4 rings (SSSR count). The Labute approximate surface area is 173 Å². The summed E-state index contributed by atoms with van der Waals surface area (Å²) in [6, 6.07) is 19.5. The molecule has 0 spiro atoms. The van der Waals surface area contributed by atoms with Crippen molar-refractivity contribution in [2.24, 2.45) is 0 Å². The summed E-state index contributed by atoms with van der Waals surface area (Å²) >= 11 is 0. The fourth-order valence-electron chi connectivity index (χ4n) is 3.13. The zero-order chi connectivity index (χ0) is 21.1. The van der Waals surface area contributed by atoms with Crippen molar-refractivity contribution < 1.29 is 14.3 Å². The summed E-state index contributed by atoms with van der Waals surface area (Å²) < 4.78 is 7.03. The minimum absolute atomic E-state index is 0.271. The number of anilines is 2. The molecule has 7 nitrogen and oxygen atoms in total. The van der Waals surface area contributed by atoms with Gasteiger partial charge >= 0.3 is 0 Å². The fourth-order valence-corrected chi connectivity index (χ4v) is 3.13. The number of fused-ring (bicyclic) bond motifs is 1. The van der Waals surface area contributed by atoms with Gasteiger partial charge in [0, 0.05) is 23.6 Å². The van der Waals surface area contributed by atoms with Gasteiger partial charge in [-0.3, -0.25) is 9.59 Å². The number of imidazole rings is 1. The lowest BCUT2D eigenvalue weighted by molar-refractivity contribution is 0.102. The van der Waals surface area contributed by atoms with Crippen LogP contribution < -0.4 is 15.4 Å². The number of hydrogen-bond acceptors (Lipinski definition) is 4. The third kappa shape index (κ3) is 3.86. The third-order valence-electron chi connectivity index (χ3n) is 4.68. The molecule has 30 heavy (non-hydrogen) atoms. The minimum atomic E-state index is -0.389. The van der Waals surface area contributed by atoms with Crippen LogP contribution in [0.2, 0.25) is 0 Å². The molecule has 2 heterocycles. The van der Waals surface area contributed by atoms with E-state index >= 15 is 0 Å². The first-order chi connectivity index (χ1) is 14.5. The van der Waals surface area contributed by atoms with Gasteiger partial charge in [-0.05, 0) is 43.3 Å². The summed E-state index contributed by atoms with van der Waals surface area (Å²) in [6.07, 6.45) is 1.68. The Morgan fingerprint density at radius 1 is 0.933 bits per heavy atom. The van der Waals surface area contributed by atoms with Crippen molar-refractivity contribution in [3.05, 3.63) is 89.9 Å². The monoisotopic (exact) mass is 400 g/mol. The number of carbonyl (C=O) groups is 2. The highest BCUT2D eigenvalue weighted by molar-refractivity contribution is 6.12. The number of amides is 2. The van der Waals surface area contributed by atoms with Gasteiger partial charge in [-0.2, -0.15) is 0 Å². The number of ether oxygens (including phenoxy) is 1. The first kappa shape index (κ1) is 19.2. The van der Waals surface area contributed by atoms with E-state index in [0.29, 0.717) is 28.3 Å². The maximum absolute atomic E-state index is 12.8. The van der Waals surface area contributed by atoms with E-state index in [-0.39, 0.29) is 17.5 Å². The van der Waals surface area contributed by atoms with Crippen molar-refractivity contribution in [1.29, 1.82) is 0 Å². The number of nitrogens with one attached hydrogen (secondary N) is 2. The molecule has 2 amide bonds. The van der Waals surface area contributed by atoms with Gasteiger partial charge in [0.1, 0.15) is 17.1 Å². The number of rotatable bonds is 5. The fraction of sp³-hybridized carbons (Fsp3) is 0.0870. The molecule has 0 atom stereocenters. The van der Waals surface area contributed by atoms with Gasteiger partial charge in [-0.1, -0.05) is 24.3 Å². The number of aryl methyl sites for hydroxylation is 1. The van der Waals surface area contributed by atoms with Crippen molar-refractivity contribution in [2.75, 3.05) is 17.7 Å². The van der Waals surface area contributed by atoms with Crippen molar-refractivity contribution >= 4 is 28.8 Å². The molecule has 0 aliphatic heterocycles. The summed E-state index contributed by atoms with van der Waals surface area (Å²) in [6.45, 7) is 1.94. The quantitative estimate of drug-likeness (QED) is 0.527. The summed E-state index contributed by atoms with van der Waals surface area (Å²) in [7, 11) is 1.56. The minimum Gasteiger partial charge on any atom is -0.497 e. The Balaban J connectivity index is 1.57. The number of methoxy groups -OCH3 is 1. The third-order valence-corrected chi connectivity index (χ3v) is 4.68. The number of benzene rings is 2. The lowest BCUT2D eigenvalue weighted by Gasteiger charge is -2.11. The molecule has 2 N–H and O–H groups in total. The molecule has 0 saturated heterocycles. The molecular weight excluding hydrogens is 380 g/mol. The molecule has 7 heteroatoms. The van der Waals surface area contributed by atoms with E-state index in [1.165, 1.54) is 0 Å². The first-order valence-electron chi connectivity index (χ1n) is 9.35. The maximum Gasteiger partial charge on any atom is 0.275 e. The Morgan fingerprint density at radius 2 is 1.73 bits per heavy atom. The van der Waals surface area contributed by atoms with Crippen molar-refractivity contribution in [3.63, 3.8) is 0 Å². The van der Waals surface area contributed by atoms with E-state index in [1.54, 1.807) is 61.8 Å². The second-order valence-corrected chi connectivity index (χ2v) is 6.71. The number of carbonyl (C=O) groups excluding carboxylic acids is 2. The first-order valence-corrected chi connectivity index (χ1v) is 9.35. The predicted octanol–water partition coefficient (Wildman–Crippen LogP) is 4.16. The van der Waals surface area contributed by atoms with Gasteiger partial charge in [0.15, 0.2) is 0 Å². The van der Waals surface area contributed by atoms with Crippen LogP contribution in [0.15, 0.2) is 72.9 Å². The number of aromatic nitrogens is 2. The Hall–Kier alpha value is -4.13. The molecule has 0 aliphatic rings. The van der Waals surface area contributed by atoms with E-state index in [1.807, 2.05) is 29.5 Å². The Bertz CT molecular complexity index is 1250. The molecule has 0 unspecified atom stereocenters. The SMILES string of the molecule is COc1cccc(NC(=O)c2ccccc2NC(=O)c2cn3c(C)cccc3n2)c1. The molecule has 0 bridgehead atoms. The average Bonchev–Trinajstić information content (AvgIpc) is 3.20. The van der Waals surface area contributed by atoms with E-state index in [0.717, 1.165) is 5.69 Å². The van der Waals surface area contributed by atoms with Crippen LogP contribution in [-0.4, -0.2) is 28.3 Å². The molecule has 2 aromatic carbocycles. The van der Waals surface area contributed by atoms with Gasteiger partial charge in [0.25, 0.3) is 11.8 Å². The molecule has 150 valence electrons. The molecule has 0 saturated carbocycles. The summed E-state index contributed by atoms with van der Waals surface area (Å²) in [5.41, 5.74) is 3.26. The highest BCUT2D eigenvalue weighted by Crippen LogP contribution is 2.21. The van der Waals surface area contributed by atoms with Crippen LogP contribution in [0.5, 0.6) is 5.75 Å². The van der Waals surface area contributed by atoms with Crippen LogP contribution in [0.1, 0.15) is 26.5 Å². The lowest BCUT2D eigenvalue weighted by atomic mass is 10.1. The Kier molecular flexibility index (Phi) is 5.17. The van der Waals surface area contributed by atoms with E-state index in [9.17, 15) is 9.59 Å². The zero-order valence-corrected chi connectivity index (χ0v) is 16.5. The van der Waals surface area contributed by atoms with E-state index < -0.39 is 0 Å². The second-order valence-electron chi connectivity index (χ2n) is 6.71. The van der Waals surface area contributed by atoms with Gasteiger partial charge in [-0.15, -0.1) is 0 Å². The van der Waals surface area contributed by atoms with Crippen LogP contribution in [0.3, 0.4) is 0 Å². The van der Waals surface area contributed by atoms with Crippen LogP contribution in [-0.2, 0) is 0 Å². The molecule has 0 fully saturated rings. The van der Waals surface area contributed by atoms with Crippen molar-refractivity contribution in [1.82, 2.24) is 9.38 Å². The molecule has 4 aromatic rings. The van der Waals surface area contributed by atoms with E-state index in [4.69, 9.17) is 4.74 Å². The topological polar surface area (TPSA) is 84.7 Å². The van der Waals surface area contributed by atoms with Crippen molar-refractivity contribution in [3.8, 4) is 5.75 Å². The molecule has 0 aliphatic carbocycles. The highest BCUT2D eigenvalue weighted by Gasteiger charge is 2.17. The normalized spacial score (nSPS) is 10.6.